The standard InChI is InChI=1S/C4H12O7P2/c5-12(6,7)3-1-11-2-4-13(8,9)10/h1-4H2,(H2,5,6,7)(H2,8,9,10)/p-4. The lowest BCUT2D eigenvalue weighted by Gasteiger charge is -2.30. The Morgan fingerprint density at radius 1 is 0.846 bits per heavy atom. The Morgan fingerprint density at radius 2 is 1.15 bits per heavy atom. The summed E-state index contributed by atoms with van der Waals surface area (Å²) in [7, 11) is -9.19. The van der Waals surface area contributed by atoms with Gasteiger partial charge >= 0.3 is 0 Å². The van der Waals surface area contributed by atoms with Gasteiger partial charge < -0.3 is 33.4 Å². The molecule has 0 aromatic heterocycles. The Labute approximate surface area is 75.1 Å². The molecule has 0 N–H and O–H groups in total. The number of hydrogen-bond acceptors (Lipinski definition) is 7. The second-order valence-electron chi connectivity index (χ2n) is 2.28. The zero-order chi connectivity index (χ0) is 10.5. The zero-order valence-corrected chi connectivity index (χ0v) is 8.37. The molecule has 0 aliphatic heterocycles. The molecule has 80 valence electrons. The minimum absolute atomic E-state index is 0.385. The molecule has 0 fully saturated rings. The van der Waals surface area contributed by atoms with Gasteiger partial charge in [-0.2, -0.15) is 0 Å². The first-order valence-corrected chi connectivity index (χ1v) is 6.76. The molecule has 0 saturated carbocycles. The monoisotopic (exact) mass is 230 g/mol. The summed E-state index contributed by atoms with van der Waals surface area (Å²) in [5.41, 5.74) is 0. The molecule has 0 bridgehead atoms. The van der Waals surface area contributed by atoms with Crippen molar-refractivity contribution in [2.45, 2.75) is 0 Å². The minimum Gasteiger partial charge on any atom is -0.811 e. The van der Waals surface area contributed by atoms with Gasteiger partial charge in [0.2, 0.25) is 0 Å². The molecule has 0 aliphatic rings. The van der Waals surface area contributed by atoms with Crippen LogP contribution in [0.5, 0.6) is 0 Å². The molecule has 0 aromatic rings. The van der Waals surface area contributed by atoms with Crippen molar-refractivity contribution >= 4 is 15.2 Å². The molecule has 7 nitrogen and oxygen atoms in total. The largest absolute Gasteiger partial charge is 0.811 e. The van der Waals surface area contributed by atoms with Crippen molar-refractivity contribution in [3.05, 3.63) is 0 Å². The lowest BCUT2D eigenvalue weighted by molar-refractivity contribution is -0.314. The molecule has 13 heavy (non-hydrogen) atoms. The Balaban J connectivity index is 3.39. The topological polar surface area (TPSA) is 136 Å². The smallest absolute Gasteiger partial charge is 0.0512 e. The van der Waals surface area contributed by atoms with Gasteiger partial charge in [0, 0.05) is 0 Å². The highest BCUT2D eigenvalue weighted by atomic mass is 31.2. The molecule has 0 radical (unpaired) electrons. The Morgan fingerprint density at radius 3 is 1.38 bits per heavy atom. The third-order valence-corrected chi connectivity index (χ3v) is 2.48. The third kappa shape index (κ3) is 12.3. The second-order valence-corrected chi connectivity index (χ2v) is 5.62. The summed E-state index contributed by atoms with van der Waals surface area (Å²) in [5.74, 6) is 0. The molecule has 0 unspecified atom stereocenters. The van der Waals surface area contributed by atoms with Gasteiger partial charge in [0.25, 0.3) is 0 Å². The van der Waals surface area contributed by atoms with E-state index < -0.39 is 27.5 Å². The van der Waals surface area contributed by atoms with Crippen molar-refractivity contribution in [3.8, 4) is 0 Å². The van der Waals surface area contributed by atoms with Crippen LogP contribution >= 0.6 is 15.2 Å². The summed E-state index contributed by atoms with van der Waals surface area (Å²) in [5, 5.41) is 0. The van der Waals surface area contributed by atoms with E-state index in [1.807, 2.05) is 0 Å². The number of hydrogen-bond donors (Lipinski definition) is 0. The molecule has 0 heterocycles. The normalized spacial score (nSPS) is 13.2. The van der Waals surface area contributed by atoms with E-state index in [1.54, 1.807) is 0 Å². The summed E-state index contributed by atoms with van der Waals surface area (Å²) < 4.78 is 24.5. The minimum atomic E-state index is -4.60. The van der Waals surface area contributed by atoms with Crippen molar-refractivity contribution in [2.24, 2.45) is 0 Å². The van der Waals surface area contributed by atoms with Crippen LogP contribution < -0.4 is 19.6 Å². The van der Waals surface area contributed by atoms with Crippen LogP contribution in [-0.2, 0) is 13.9 Å². The van der Waals surface area contributed by atoms with Gasteiger partial charge in [-0.05, 0) is 12.3 Å². The Bertz CT molecular complexity index is 203. The molecule has 0 amide bonds. The Hall–Kier alpha value is 0.260. The Kier molecular flexibility index (Phi) is 5.32. The molecule has 0 rings (SSSR count). The first-order chi connectivity index (χ1) is 5.71. The molecule has 0 aromatic carbocycles. The maximum atomic E-state index is 10.0. The van der Waals surface area contributed by atoms with E-state index in [9.17, 15) is 28.7 Å². The highest BCUT2D eigenvalue weighted by Gasteiger charge is 1.94. The number of rotatable bonds is 6. The van der Waals surface area contributed by atoms with Crippen LogP contribution in [0.4, 0.5) is 0 Å². The van der Waals surface area contributed by atoms with E-state index >= 15 is 0 Å². The summed E-state index contributed by atoms with van der Waals surface area (Å²) in [6.45, 7) is -0.769. The fourth-order valence-corrected chi connectivity index (χ4v) is 1.16. The van der Waals surface area contributed by atoms with Gasteiger partial charge in [-0.1, -0.05) is 15.2 Å². The van der Waals surface area contributed by atoms with E-state index in [4.69, 9.17) is 0 Å². The quantitative estimate of drug-likeness (QED) is 0.346. The summed E-state index contributed by atoms with van der Waals surface area (Å²) in [6, 6.07) is 0. The molecule has 0 saturated heterocycles. The van der Waals surface area contributed by atoms with Crippen molar-refractivity contribution in [2.75, 3.05) is 25.5 Å². The first-order valence-electron chi connectivity index (χ1n) is 3.31. The lowest BCUT2D eigenvalue weighted by Crippen LogP contribution is -2.22. The van der Waals surface area contributed by atoms with Crippen LogP contribution in [0.25, 0.3) is 0 Å². The van der Waals surface area contributed by atoms with Crippen molar-refractivity contribution < 1.29 is 33.4 Å². The highest BCUT2D eigenvalue weighted by molar-refractivity contribution is 7.49. The van der Waals surface area contributed by atoms with Crippen molar-refractivity contribution in [1.29, 1.82) is 0 Å². The van der Waals surface area contributed by atoms with Crippen LogP contribution in [0.15, 0.2) is 0 Å². The molecule has 0 aliphatic carbocycles. The van der Waals surface area contributed by atoms with Crippen molar-refractivity contribution in [3.63, 3.8) is 0 Å². The molecule has 0 spiro atoms. The fraction of sp³-hybridized carbons (Fsp3) is 1.00. The SMILES string of the molecule is O=P([O-])([O-])CCOCCP(=O)([O-])[O-]. The lowest BCUT2D eigenvalue weighted by atomic mass is 10.8. The predicted octanol–water partition coefficient (Wildman–Crippen LogP) is -3.17. The van der Waals surface area contributed by atoms with Gasteiger partial charge in [-0.15, -0.1) is 0 Å². The van der Waals surface area contributed by atoms with Crippen LogP contribution in [0, 0.1) is 0 Å². The van der Waals surface area contributed by atoms with Gasteiger partial charge in [-0.3, -0.25) is 0 Å². The maximum Gasteiger partial charge on any atom is 0.0512 e. The summed E-state index contributed by atoms with van der Waals surface area (Å²) >= 11 is 0. The van der Waals surface area contributed by atoms with E-state index in [-0.39, 0.29) is 13.2 Å². The zero-order valence-electron chi connectivity index (χ0n) is 6.58. The molecule has 9 heteroatoms. The van der Waals surface area contributed by atoms with E-state index in [0.29, 0.717) is 0 Å². The molecule has 0 atom stereocenters. The van der Waals surface area contributed by atoms with Crippen LogP contribution in [0.3, 0.4) is 0 Å². The summed E-state index contributed by atoms with van der Waals surface area (Å²) in [6.07, 6.45) is -1.40. The fourth-order valence-electron chi connectivity index (χ4n) is 0.455. The predicted molar refractivity (Wildman–Crippen MR) is 35.8 cm³/mol. The van der Waals surface area contributed by atoms with Gasteiger partial charge in [0.1, 0.15) is 0 Å². The van der Waals surface area contributed by atoms with Crippen LogP contribution in [0.2, 0.25) is 0 Å². The van der Waals surface area contributed by atoms with Gasteiger partial charge in [0.15, 0.2) is 0 Å². The average Bonchev–Trinajstić information content (AvgIpc) is 1.81. The third-order valence-electron chi connectivity index (χ3n) is 1.02. The van der Waals surface area contributed by atoms with E-state index in [1.165, 1.54) is 0 Å². The average molecular weight is 230 g/mol. The van der Waals surface area contributed by atoms with Crippen LogP contribution in [-0.4, -0.2) is 25.5 Å². The number of ether oxygens (including phenoxy) is 1. The van der Waals surface area contributed by atoms with Crippen LogP contribution in [0.1, 0.15) is 0 Å². The molecular weight excluding hydrogens is 222 g/mol. The second kappa shape index (κ2) is 5.22. The highest BCUT2D eigenvalue weighted by Crippen LogP contribution is 2.23. The van der Waals surface area contributed by atoms with Crippen molar-refractivity contribution in [1.82, 2.24) is 0 Å². The molecular formula is C4H8O7P2-4. The maximum absolute atomic E-state index is 10.0. The van der Waals surface area contributed by atoms with Gasteiger partial charge in [0.05, 0.1) is 13.2 Å². The van der Waals surface area contributed by atoms with Gasteiger partial charge in [-0.25, -0.2) is 0 Å². The van der Waals surface area contributed by atoms with E-state index in [0.717, 1.165) is 0 Å². The first kappa shape index (κ1) is 13.3. The summed E-state index contributed by atoms with van der Waals surface area (Å²) in [4.78, 5) is 40.0. The van der Waals surface area contributed by atoms with E-state index in [2.05, 4.69) is 4.74 Å².